The summed E-state index contributed by atoms with van der Waals surface area (Å²) in [6.07, 6.45) is 3.03. The highest BCUT2D eigenvalue weighted by Crippen LogP contribution is 2.12. The first-order chi connectivity index (χ1) is 10.9. The van der Waals surface area contributed by atoms with Crippen LogP contribution in [0.3, 0.4) is 0 Å². The summed E-state index contributed by atoms with van der Waals surface area (Å²) in [6.45, 7) is 1.95. The summed E-state index contributed by atoms with van der Waals surface area (Å²) in [5, 5.41) is 2.77. The smallest absolute Gasteiger partial charge is 0.248 e. The predicted molar refractivity (Wildman–Crippen MR) is 91.5 cm³/mol. The van der Waals surface area contributed by atoms with Crippen LogP contribution in [0.2, 0.25) is 0 Å². The number of rotatable bonds is 5. The molecule has 6 heteroatoms. The van der Waals surface area contributed by atoms with Crippen LogP contribution in [0.25, 0.3) is 6.08 Å². The molecule has 0 saturated heterocycles. The first kappa shape index (κ1) is 16.9. The maximum absolute atomic E-state index is 11.9. The monoisotopic (exact) mass is 330 g/mol. The van der Waals surface area contributed by atoms with Crippen molar-refractivity contribution in [3.05, 3.63) is 65.7 Å². The van der Waals surface area contributed by atoms with E-state index in [-0.39, 0.29) is 10.8 Å². The molecule has 120 valence electrons. The molecule has 0 atom stereocenters. The third-order valence-corrected chi connectivity index (χ3v) is 4.60. The van der Waals surface area contributed by atoms with Crippen LogP contribution in [0.4, 0.5) is 5.69 Å². The summed E-state index contributed by atoms with van der Waals surface area (Å²) in [6, 6.07) is 13.8. The van der Waals surface area contributed by atoms with Gasteiger partial charge in [-0.2, -0.15) is 0 Å². The Kier molecular flexibility index (Phi) is 5.31. The minimum absolute atomic E-state index is 0.182. The van der Waals surface area contributed by atoms with Crippen molar-refractivity contribution in [2.45, 2.75) is 11.8 Å². The molecule has 0 saturated carbocycles. The first-order valence-corrected chi connectivity index (χ1v) is 8.48. The number of sulfonamides is 1. The van der Waals surface area contributed by atoms with Crippen LogP contribution in [0, 0.1) is 6.92 Å². The van der Waals surface area contributed by atoms with Crippen molar-refractivity contribution >= 4 is 27.7 Å². The van der Waals surface area contributed by atoms with Crippen LogP contribution in [0.5, 0.6) is 0 Å². The molecule has 0 aliphatic heterocycles. The number of amides is 1. The number of carbonyl (C=O) groups is 1. The standard InChI is InChI=1S/C17H18N2O3S/c1-13-4-3-5-15(12-13)19-17(20)11-8-14-6-9-16(10-7-14)23(21,22)18-2/h3-12,18H,1-2H3,(H,19,20)/b11-8+. The van der Waals surface area contributed by atoms with Crippen molar-refractivity contribution in [1.29, 1.82) is 0 Å². The van der Waals surface area contributed by atoms with Crippen molar-refractivity contribution in [3.63, 3.8) is 0 Å². The first-order valence-electron chi connectivity index (χ1n) is 7.00. The highest BCUT2D eigenvalue weighted by Gasteiger charge is 2.09. The van der Waals surface area contributed by atoms with Gasteiger partial charge in [-0.25, -0.2) is 13.1 Å². The van der Waals surface area contributed by atoms with E-state index in [4.69, 9.17) is 0 Å². The van der Waals surface area contributed by atoms with Crippen LogP contribution < -0.4 is 10.0 Å². The van der Waals surface area contributed by atoms with E-state index in [0.29, 0.717) is 0 Å². The summed E-state index contributed by atoms with van der Waals surface area (Å²) in [5.41, 5.74) is 2.53. The zero-order chi connectivity index (χ0) is 16.9. The van der Waals surface area contributed by atoms with E-state index in [1.54, 1.807) is 18.2 Å². The van der Waals surface area contributed by atoms with Crippen molar-refractivity contribution in [3.8, 4) is 0 Å². The van der Waals surface area contributed by atoms with Crippen molar-refractivity contribution in [2.24, 2.45) is 0 Å². The highest BCUT2D eigenvalue weighted by atomic mass is 32.2. The van der Waals surface area contributed by atoms with Gasteiger partial charge in [0.15, 0.2) is 0 Å². The minimum atomic E-state index is -3.44. The van der Waals surface area contributed by atoms with E-state index < -0.39 is 10.0 Å². The number of anilines is 1. The number of nitrogens with one attached hydrogen (secondary N) is 2. The van der Waals surface area contributed by atoms with Crippen LogP contribution >= 0.6 is 0 Å². The Morgan fingerprint density at radius 3 is 2.39 bits per heavy atom. The number of hydrogen-bond donors (Lipinski definition) is 2. The second-order valence-corrected chi connectivity index (χ2v) is 6.86. The molecule has 0 spiro atoms. The summed E-state index contributed by atoms with van der Waals surface area (Å²) in [4.78, 5) is 12.0. The quantitative estimate of drug-likeness (QED) is 0.827. The summed E-state index contributed by atoms with van der Waals surface area (Å²) in [7, 11) is -2.08. The van der Waals surface area contributed by atoms with Gasteiger partial charge in [0, 0.05) is 11.8 Å². The van der Waals surface area contributed by atoms with Gasteiger partial charge in [0.25, 0.3) is 0 Å². The van der Waals surface area contributed by atoms with E-state index in [1.165, 1.54) is 25.3 Å². The van der Waals surface area contributed by atoms with Gasteiger partial charge in [-0.3, -0.25) is 4.79 Å². The molecule has 0 unspecified atom stereocenters. The maximum Gasteiger partial charge on any atom is 0.248 e. The molecule has 2 aromatic rings. The Bertz CT molecular complexity index is 825. The van der Waals surface area contributed by atoms with Gasteiger partial charge in [0.2, 0.25) is 15.9 Å². The number of hydrogen-bond acceptors (Lipinski definition) is 3. The molecule has 5 nitrogen and oxygen atoms in total. The van der Waals surface area contributed by atoms with Crippen molar-refractivity contribution in [1.82, 2.24) is 4.72 Å². The molecular formula is C17H18N2O3S. The van der Waals surface area contributed by atoms with Gasteiger partial charge in [0.05, 0.1) is 4.90 Å². The van der Waals surface area contributed by atoms with Crippen molar-refractivity contribution in [2.75, 3.05) is 12.4 Å². The Morgan fingerprint density at radius 2 is 1.78 bits per heavy atom. The average Bonchev–Trinajstić information content (AvgIpc) is 2.53. The van der Waals surface area contributed by atoms with Gasteiger partial charge in [-0.05, 0) is 55.4 Å². The van der Waals surface area contributed by atoms with Crippen LogP contribution in [0.1, 0.15) is 11.1 Å². The van der Waals surface area contributed by atoms with Gasteiger partial charge < -0.3 is 5.32 Å². The largest absolute Gasteiger partial charge is 0.323 e. The predicted octanol–water partition coefficient (Wildman–Crippen LogP) is 2.56. The lowest BCUT2D eigenvalue weighted by Crippen LogP contribution is -2.18. The lowest BCUT2D eigenvalue weighted by molar-refractivity contribution is -0.111. The number of aryl methyl sites for hydroxylation is 1. The zero-order valence-electron chi connectivity index (χ0n) is 12.9. The third kappa shape index (κ3) is 4.77. The fourth-order valence-electron chi connectivity index (χ4n) is 1.95. The average molecular weight is 330 g/mol. The fourth-order valence-corrected chi connectivity index (χ4v) is 2.68. The molecule has 2 aromatic carbocycles. The van der Waals surface area contributed by atoms with Crippen molar-refractivity contribution < 1.29 is 13.2 Å². The number of benzene rings is 2. The minimum Gasteiger partial charge on any atom is -0.323 e. The summed E-state index contributed by atoms with van der Waals surface area (Å²) >= 11 is 0. The molecule has 0 fully saturated rings. The molecule has 0 aliphatic rings. The van der Waals surface area contributed by atoms with Crippen LogP contribution in [0.15, 0.2) is 59.5 Å². The van der Waals surface area contributed by atoms with Gasteiger partial charge in [-0.15, -0.1) is 0 Å². The van der Waals surface area contributed by atoms with Gasteiger partial charge in [-0.1, -0.05) is 24.3 Å². The molecule has 2 N–H and O–H groups in total. The van der Waals surface area contributed by atoms with E-state index in [2.05, 4.69) is 10.0 Å². The topological polar surface area (TPSA) is 75.3 Å². The molecule has 23 heavy (non-hydrogen) atoms. The molecule has 0 heterocycles. The maximum atomic E-state index is 11.9. The highest BCUT2D eigenvalue weighted by molar-refractivity contribution is 7.89. The molecular weight excluding hydrogens is 312 g/mol. The second kappa shape index (κ2) is 7.21. The summed E-state index contributed by atoms with van der Waals surface area (Å²) < 4.78 is 25.5. The summed E-state index contributed by atoms with van der Waals surface area (Å²) in [5.74, 6) is -0.248. The Hall–Kier alpha value is -2.44. The fraction of sp³-hybridized carbons (Fsp3) is 0.118. The molecule has 0 radical (unpaired) electrons. The Balaban J connectivity index is 2.04. The van der Waals surface area contributed by atoms with Crippen LogP contribution in [-0.2, 0) is 14.8 Å². The SMILES string of the molecule is CNS(=O)(=O)c1ccc(/C=C/C(=O)Nc2cccc(C)c2)cc1. The van der Waals surface area contributed by atoms with E-state index in [0.717, 1.165) is 16.8 Å². The van der Waals surface area contributed by atoms with E-state index in [1.807, 2.05) is 31.2 Å². The van der Waals surface area contributed by atoms with E-state index >= 15 is 0 Å². The second-order valence-electron chi connectivity index (χ2n) is 4.97. The lowest BCUT2D eigenvalue weighted by Gasteiger charge is -2.03. The Labute approximate surface area is 136 Å². The lowest BCUT2D eigenvalue weighted by atomic mass is 10.2. The normalized spacial score (nSPS) is 11.6. The van der Waals surface area contributed by atoms with Gasteiger partial charge in [0.1, 0.15) is 0 Å². The molecule has 2 rings (SSSR count). The van der Waals surface area contributed by atoms with E-state index in [9.17, 15) is 13.2 Å². The molecule has 0 bridgehead atoms. The zero-order valence-corrected chi connectivity index (χ0v) is 13.7. The van der Waals surface area contributed by atoms with Gasteiger partial charge >= 0.3 is 0 Å². The molecule has 0 aliphatic carbocycles. The van der Waals surface area contributed by atoms with Crippen LogP contribution in [-0.4, -0.2) is 21.4 Å². The Morgan fingerprint density at radius 1 is 1.09 bits per heavy atom. The molecule has 0 aromatic heterocycles. The molecule has 1 amide bonds. The third-order valence-electron chi connectivity index (χ3n) is 3.17. The number of carbonyl (C=O) groups excluding carboxylic acids is 1.